The summed E-state index contributed by atoms with van der Waals surface area (Å²) in [5.74, 6) is -7.23. The Balaban J connectivity index is 3.48. The first-order valence-electron chi connectivity index (χ1n) is 5.49. The number of aliphatic carboxylic acids is 1. The van der Waals surface area contributed by atoms with Gasteiger partial charge in [0.2, 0.25) is 0 Å². The first-order valence-corrected chi connectivity index (χ1v) is 5.49. The fourth-order valence-electron chi connectivity index (χ4n) is 1.42. The second-order valence-electron chi connectivity index (χ2n) is 3.38. The van der Waals surface area contributed by atoms with Crippen LogP contribution in [0.3, 0.4) is 0 Å². The van der Waals surface area contributed by atoms with Crippen LogP contribution in [0.1, 0.15) is 24.2 Å². The molecular weight excluding hydrogens is 262 g/mol. The van der Waals surface area contributed by atoms with E-state index in [0.717, 1.165) is 6.07 Å². The first-order chi connectivity index (χ1) is 8.93. The number of ether oxygens (including phenoxy) is 2. The number of carboxylic acid groups (broad SMARTS) is 1. The van der Waals surface area contributed by atoms with Crippen molar-refractivity contribution in [1.82, 2.24) is 0 Å². The molecular formula is C12H12F2O5. The van der Waals surface area contributed by atoms with E-state index in [1.807, 2.05) is 0 Å². The van der Waals surface area contributed by atoms with Gasteiger partial charge in [-0.25, -0.2) is 13.6 Å². The average Bonchev–Trinajstić information content (AvgIpc) is 2.35. The zero-order valence-electron chi connectivity index (χ0n) is 10.3. The number of hydrogen-bond acceptors (Lipinski definition) is 4. The summed E-state index contributed by atoms with van der Waals surface area (Å²) < 4.78 is 37.5. The zero-order valence-corrected chi connectivity index (χ0v) is 10.3. The van der Waals surface area contributed by atoms with Crippen molar-refractivity contribution in [2.75, 3.05) is 13.2 Å². The van der Waals surface area contributed by atoms with Gasteiger partial charge >= 0.3 is 5.97 Å². The van der Waals surface area contributed by atoms with E-state index in [4.69, 9.17) is 14.6 Å². The van der Waals surface area contributed by atoms with Crippen LogP contribution < -0.4 is 9.47 Å². The number of carboxylic acids is 1. The highest BCUT2D eigenvalue weighted by atomic mass is 19.1. The summed E-state index contributed by atoms with van der Waals surface area (Å²) in [6.45, 7) is 3.24. The molecule has 0 radical (unpaired) electrons. The third kappa shape index (κ3) is 2.98. The van der Waals surface area contributed by atoms with Gasteiger partial charge in [-0.1, -0.05) is 0 Å². The lowest BCUT2D eigenvalue weighted by molar-refractivity contribution is -0.131. The van der Waals surface area contributed by atoms with Crippen LogP contribution in [0.15, 0.2) is 6.07 Å². The summed E-state index contributed by atoms with van der Waals surface area (Å²) in [5.41, 5.74) is -1.19. The Bertz CT molecular complexity index is 483. The number of halogens is 2. The minimum absolute atomic E-state index is 0.0643. The Labute approximate surface area is 107 Å². The number of rotatable bonds is 6. The van der Waals surface area contributed by atoms with Crippen LogP contribution in [0, 0.1) is 11.6 Å². The molecule has 1 aromatic rings. The van der Waals surface area contributed by atoms with E-state index in [1.165, 1.54) is 0 Å². The van der Waals surface area contributed by atoms with Crippen molar-refractivity contribution < 1.29 is 33.0 Å². The molecule has 0 aromatic heterocycles. The predicted molar refractivity (Wildman–Crippen MR) is 60.7 cm³/mol. The van der Waals surface area contributed by atoms with Crippen molar-refractivity contribution in [2.45, 2.75) is 13.8 Å². The lowest BCUT2D eigenvalue weighted by Crippen LogP contribution is -2.18. The second-order valence-corrected chi connectivity index (χ2v) is 3.38. The molecule has 1 N–H and O–H groups in total. The fourth-order valence-corrected chi connectivity index (χ4v) is 1.42. The second kappa shape index (κ2) is 6.12. The fraction of sp³-hybridized carbons (Fsp3) is 0.333. The zero-order chi connectivity index (χ0) is 14.6. The molecule has 0 aliphatic heterocycles. The molecule has 0 heterocycles. The van der Waals surface area contributed by atoms with Gasteiger partial charge in [-0.2, -0.15) is 0 Å². The van der Waals surface area contributed by atoms with Gasteiger partial charge in [-0.3, -0.25) is 4.79 Å². The smallest absolute Gasteiger partial charge is 0.377 e. The minimum atomic E-state index is -1.96. The number of benzene rings is 1. The third-order valence-corrected chi connectivity index (χ3v) is 2.15. The van der Waals surface area contributed by atoms with Gasteiger partial charge in [0, 0.05) is 6.07 Å². The van der Waals surface area contributed by atoms with Gasteiger partial charge in [-0.15, -0.1) is 0 Å². The molecule has 19 heavy (non-hydrogen) atoms. The van der Waals surface area contributed by atoms with Crippen molar-refractivity contribution in [3.05, 3.63) is 23.3 Å². The number of Topliss-reactive ketones (excluding diaryl/α,β-unsaturated/α-hetero) is 1. The normalized spacial score (nSPS) is 10.1. The molecule has 1 rings (SSSR count). The SMILES string of the molecule is CCOc1cc(OCC)c(F)c(C(=O)C(=O)O)c1F. The third-order valence-electron chi connectivity index (χ3n) is 2.15. The van der Waals surface area contributed by atoms with E-state index >= 15 is 0 Å². The molecule has 0 amide bonds. The summed E-state index contributed by atoms with van der Waals surface area (Å²) in [6, 6.07) is 0.941. The molecule has 0 saturated carbocycles. The van der Waals surface area contributed by atoms with Crippen LogP contribution in [0.2, 0.25) is 0 Å². The average molecular weight is 274 g/mol. The summed E-state index contributed by atoms with van der Waals surface area (Å²) >= 11 is 0. The van der Waals surface area contributed by atoms with Crippen LogP contribution in [-0.2, 0) is 4.79 Å². The molecule has 104 valence electrons. The van der Waals surface area contributed by atoms with Crippen molar-refractivity contribution in [3.63, 3.8) is 0 Å². The Morgan fingerprint density at radius 3 is 1.84 bits per heavy atom. The van der Waals surface area contributed by atoms with Gasteiger partial charge in [0.15, 0.2) is 23.1 Å². The monoisotopic (exact) mass is 274 g/mol. The minimum Gasteiger partial charge on any atom is -0.491 e. The standard InChI is InChI=1S/C12H12F2O5/c1-3-18-6-5-7(19-4-2)10(14)8(9(6)13)11(15)12(16)17/h5H,3-4H2,1-2H3,(H,16,17). The van der Waals surface area contributed by atoms with Crippen LogP contribution in [0.4, 0.5) is 8.78 Å². The molecule has 0 atom stereocenters. The lowest BCUT2D eigenvalue weighted by atomic mass is 10.1. The molecule has 0 unspecified atom stereocenters. The molecule has 0 aliphatic rings. The van der Waals surface area contributed by atoms with E-state index in [9.17, 15) is 18.4 Å². The summed E-state index contributed by atoms with van der Waals surface area (Å²) in [7, 11) is 0. The van der Waals surface area contributed by atoms with Crippen molar-refractivity contribution in [3.8, 4) is 11.5 Å². The maximum atomic E-state index is 13.8. The lowest BCUT2D eigenvalue weighted by Gasteiger charge is -2.12. The summed E-state index contributed by atoms with van der Waals surface area (Å²) in [5, 5.41) is 8.56. The molecule has 5 nitrogen and oxygen atoms in total. The predicted octanol–water partition coefficient (Wildman–Crippen LogP) is 2.03. The highest BCUT2D eigenvalue weighted by Crippen LogP contribution is 2.32. The highest BCUT2D eigenvalue weighted by molar-refractivity contribution is 6.40. The molecule has 0 bridgehead atoms. The van der Waals surface area contributed by atoms with Crippen molar-refractivity contribution in [1.29, 1.82) is 0 Å². The van der Waals surface area contributed by atoms with Crippen LogP contribution >= 0.6 is 0 Å². The maximum Gasteiger partial charge on any atom is 0.377 e. The highest BCUT2D eigenvalue weighted by Gasteiger charge is 2.29. The van der Waals surface area contributed by atoms with E-state index < -0.39 is 40.4 Å². The van der Waals surface area contributed by atoms with Crippen LogP contribution in [0.5, 0.6) is 11.5 Å². The Kier molecular flexibility index (Phi) is 4.80. The molecule has 1 aromatic carbocycles. The van der Waals surface area contributed by atoms with Crippen molar-refractivity contribution in [2.24, 2.45) is 0 Å². The largest absolute Gasteiger partial charge is 0.491 e. The Morgan fingerprint density at radius 2 is 1.53 bits per heavy atom. The van der Waals surface area contributed by atoms with Gasteiger partial charge in [0.25, 0.3) is 5.78 Å². The topological polar surface area (TPSA) is 72.8 Å². The summed E-state index contributed by atoms with van der Waals surface area (Å²) in [4.78, 5) is 21.9. The van der Waals surface area contributed by atoms with E-state index in [2.05, 4.69) is 0 Å². The molecule has 0 aliphatic carbocycles. The van der Waals surface area contributed by atoms with Gasteiger partial charge in [0.05, 0.1) is 13.2 Å². The number of ketones is 1. The number of carbonyl (C=O) groups is 2. The van der Waals surface area contributed by atoms with E-state index in [0.29, 0.717) is 0 Å². The molecule has 0 fully saturated rings. The van der Waals surface area contributed by atoms with Gasteiger partial charge in [-0.05, 0) is 13.8 Å². The van der Waals surface area contributed by atoms with Gasteiger partial charge < -0.3 is 14.6 Å². The quantitative estimate of drug-likeness (QED) is 0.634. The van der Waals surface area contributed by atoms with Crippen LogP contribution in [0.25, 0.3) is 0 Å². The van der Waals surface area contributed by atoms with E-state index in [-0.39, 0.29) is 13.2 Å². The van der Waals surface area contributed by atoms with E-state index in [1.54, 1.807) is 13.8 Å². The molecule has 0 spiro atoms. The Morgan fingerprint density at radius 1 is 1.11 bits per heavy atom. The maximum absolute atomic E-state index is 13.8. The number of carbonyl (C=O) groups excluding carboxylic acids is 1. The molecule has 0 saturated heterocycles. The number of hydrogen-bond donors (Lipinski definition) is 1. The van der Waals surface area contributed by atoms with Gasteiger partial charge in [0.1, 0.15) is 5.56 Å². The first kappa shape index (κ1) is 14.9. The van der Waals surface area contributed by atoms with Crippen molar-refractivity contribution >= 4 is 11.8 Å². The Hall–Kier alpha value is -2.18. The molecule has 7 heteroatoms. The summed E-state index contributed by atoms with van der Waals surface area (Å²) in [6.07, 6.45) is 0. The van der Waals surface area contributed by atoms with Crippen LogP contribution in [-0.4, -0.2) is 30.1 Å².